The Morgan fingerprint density at radius 1 is 1.14 bits per heavy atom. The average molecular weight is 317 g/mol. The van der Waals surface area contributed by atoms with Gasteiger partial charge in [-0.2, -0.15) is 0 Å². The molecule has 7 nitrogen and oxygen atoms in total. The number of carbonyl (C=O) groups is 3. The van der Waals surface area contributed by atoms with E-state index in [1.165, 1.54) is 6.92 Å². The fourth-order valence-corrected chi connectivity index (χ4v) is 1.58. The van der Waals surface area contributed by atoms with Gasteiger partial charge in [0.2, 0.25) is 0 Å². The van der Waals surface area contributed by atoms with Crippen molar-refractivity contribution in [2.45, 2.75) is 59.2 Å². The molecular weight excluding hydrogens is 288 g/mol. The predicted molar refractivity (Wildman–Crippen MR) is 82.2 cm³/mol. The van der Waals surface area contributed by atoms with E-state index in [0.29, 0.717) is 0 Å². The lowest BCUT2D eigenvalue weighted by Gasteiger charge is -2.27. The average Bonchev–Trinajstić information content (AvgIpc) is 2.37. The van der Waals surface area contributed by atoms with Crippen LogP contribution in [0.4, 0.5) is 4.79 Å². The number of amides is 1. The fourth-order valence-electron chi connectivity index (χ4n) is 1.58. The Kier molecular flexibility index (Phi) is 6.80. The minimum Gasteiger partial charge on any atom is -0.444 e. The van der Waals surface area contributed by atoms with E-state index in [-0.39, 0.29) is 5.92 Å². The van der Waals surface area contributed by atoms with Gasteiger partial charge in [-0.15, -0.1) is 0 Å². The van der Waals surface area contributed by atoms with Gasteiger partial charge in [-0.25, -0.2) is 14.4 Å². The number of esters is 2. The summed E-state index contributed by atoms with van der Waals surface area (Å²) in [5, 5.41) is 2.77. The van der Waals surface area contributed by atoms with Crippen LogP contribution in [-0.2, 0) is 19.1 Å². The van der Waals surface area contributed by atoms with Gasteiger partial charge in [0.15, 0.2) is 0 Å². The second kappa shape index (κ2) is 8.12. The van der Waals surface area contributed by atoms with E-state index in [4.69, 9.17) is 10.8 Å². The second-order valence-corrected chi connectivity index (χ2v) is 6.38. The molecule has 7 heteroatoms. The summed E-state index contributed by atoms with van der Waals surface area (Å²) in [5.74, 6) is -1.67. The summed E-state index contributed by atoms with van der Waals surface area (Å²) in [5.41, 5.74) is -0.751. The van der Waals surface area contributed by atoms with Crippen molar-refractivity contribution in [1.82, 2.24) is 10.2 Å². The van der Waals surface area contributed by atoms with Crippen molar-refractivity contribution in [1.29, 1.82) is 0 Å². The van der Waals surface area contributed by atoms with Crippen molar-refractivity contribution in [2.75, 3.05) is 14.1 Å². The fraction of sp³-hybridized carbons (Fsp3) is 0.800. The quantitative estimate of drug-likeness (QED) is 0.612. The van der Waals surface area contributed by atoms with E-state index in [0.717, 1.165) is 4.90 Å². The van der Waals surface area contributed by atoms with Crippen molar-refractivity contribution in [3.8, 4) is 0 Å². The minimum absolute atomic E-state index is 0.0614. The Balaban J connectivity index is 4.91. The van der Waals surface area contributed by atoms with Gasteiger partial charge in [-0.05, 0) is 40.7 Å². The number of rotatable bonds is 5. The molecule has 0 aliphatic carbocycles. The summed E-state index contributed by atoms with van der Waals surface area (Å²) in [6.07, 6.45) is -0.807. The third-order valence-electron chi connectivity index (χ3n) is 2.87. The smallest absolute Gasteiger partial charge is 0.410 e. The standard InChI is InChI=1S/C15H28N2O5/c1-9(2)11(16-7)13(19)21-12(18)10(3)17(8)14(20)22-15(4,5)6/h9-11,16H,1-8H3/t10-,11-/m0/s1/i8D. The molecule has 0 rings (SSSR count). The molecule has 1 N–H and O–H groups in total. The van der Waals surface area contributed by atoms with Crippen LogP contribution >= 0.6 is 0 Å². The molecule has 0 saturated carbocycles. The Morgan fingerprint density at radius 3 is 2.05 bits per heavy atom. The molecule has 1 amide bonds. The van der Waals surface area contributed by atoms with E-state index >= 15 is 0 Å². The summed E-state index contributed by atoms with van der Waals surface area (Å²) < 4.78 is 17.4. The second-order valence-electron chi connectivity index (χ2n) is 6.38. The Hall–Kier alpha value is -1.63. The summed E-state index contributed by atoms with van der Waals surface area (Å²) in [4.78, 5) is 36.9. The van der Waals surface area contributed by atoms with Crippen LogP contribution in [0, 0.1) is 5.92 Å². The van der Waals surface area contributed by atoms with Crippen LogP contribution in [0.2, 0.25) is 0 Å². The van der Waals surface area contributed by atoms with Crippen molar-refractivity contribution in [3.63, 3.8) is 0 Å². The maximum absolute atomic E-state index is 12.1. The predicted octanol–water partition coefficient (Wildman–Crippen LogP) is 1.56. The molecule has 0 aliphatic heterocycles. The Labute approximate surface area is 133 Å². The molecule has 0 radical (unpaired) electrons. The van der Waals surface area contributed by atoms with Crippen molar-refractivity contribution >= 4 is 18.0 Å². The third-order valence-corrected chi connectivity index (χ3v) is 2.87. The number of nitrogens with zero attached hydrogens (tertiary/aromatic N) is 1. The van der Waals surface area contributed by atoms with Gasteiger partial charge < -0.3 is 14.8 Å². The lowest BCUT2D eigenvalue weighted by Crippen LogP contribution is -2.47. The minimum atomic E-state index is -1.10. The largest absolute Gasteiger partial charge is 0.444 e. The number of hydrogen-bond donors (Lipinski definition) is 1. The van der Waals surface area contributed by atoms with Gasteiger partial charge in [0.1, 0.15) is 17.7 Å². The zero-order chi connectivity index (χ0) is 18.4. The number of likely N-dealkylation sites (N-methyl/N-ethyl adjacent to an activating group) is 2. The van der Waals surface area contributed by atoms with Crippen LogP contribution in [0.15, 0.2) is 0 Å². The van der Waals surface area contributed by atoms with Gasteiger partial charge in [0, 0.05) is 8.39 Å². The molecule has 0 heterocycles. The zero-order valence-electron chi connectivity index (χ0n) is 15.4. The van der Waals surface area contributed by atoms with Gasteiger partial charge in [0.25, 0.3) is 0 Å². The van der Waals surface area contributed by atoms with Crippen LogP contribution in [0.25, 0.3) is 0 Å². The maximum atomic E-state index is 12.1. The van der Waals surface area contributed by atoms with Crippen molar-refractivity contribution in [2.24, 2.45) is 5.92 Å². The van der Waals surface area contributed by atoms with Crippen LogP contribution in [0.5, 0.6) is 0 Å². The molecule has 0 bridgehead atoms. The highest BCUT2D eigenvalue weighted by Gasteiger charge is 2.31. The van der Waals surface area contributed by atoms with E-state index in [1.807, 2.05) is 13.8 Å². The third kappa shape index (κ3) is 6.43. The number of nitrogens with one attached hydrogen (secondary N) is 1. The number of ether oxygens (including phenoxy) is 2. The Morgan fingerprint density at radius 2 is 1.68 bits per heavy atom. The van der Waals surface area contributed by atoms with E-state index in [1.54, 1.807) is 27.8 Å². The SMILES string of the molecule is [2H]CN(C(=O)OC(C)(C)C)[C@@H](C)C(=O)OC(=O)[C@@H](NC)C(C)C. The monoisotopic (exact) mass is 317 g/mol. The van der Waals surface area contributed by atoms with E-state index in [2.05, 4.69) is 5.32 Å². The molecule has 0 aromatic rings. The summed E-state index contributed by atoms with van der Waals surface area (Å²) >= 11 is 0. The van der Waals surface area contributed by atoms with Gasteiger partial charge >= 0.3 is 18.0 Å². The molecule has 0 aliphatic rings. The molecule has 0 saturated heterocycles. The molecule has 0 spiro atoms. The van der Waals surface area contributed by atoms with Gasteiger partial charge in [0.05, 0.1) is 0 Å². The Bertz CT molecular complexity index is 434. The summed E-state index contributed by atoms with van der Waals surface area (Å²) in [6.45, 7) is 10.1. The first-order valence-electron chi connectivity index (χ1n) is 7.87. The molecule has 0 aromatic heterocycles. The molecule has 2 atom stereocenters. The highest BCUT2D eigenvalue weighted by Crippen LogP contribution is 2.12. The van der Waals surface area contributed by atoms with Crippen LogP contribution < -0.4 is 5.32 Å². The molecule has 0 fully saturated rings. The van der Waals surface area contributed by atoms with Gasteiger partial charge in [-0.1, -0.05) is 13.8 Å². The number of carbonyl (C=O) groups excluding carboxylic acids is 3. The topological polar surface area (TPSA) is 84.9 Å². The van der Waals surface area contributed by atoms with Crippen molar-refractivity contribution in [3.05, 3.63) is 0 Å². The molecular formula is C15H28N2O5. The first kappa shape index (κ1) is 18.4. The molecule has 128 valence electrons. The summed E-state index contributed by atoms with van der Waals surface area (Å²) in [7, 11) is 1.11. The van der Waals surface area contributed by atoms with Crippen LogP contribution in [0.1, 0.15) is 42.9 Å². The first-order chi connectivity index (χ1) is 10.4. The van der Waals surface area contributed by atoms with Crippen molar-refractivity contribution < 1.29 is 25.2 Å². The van der Waals surface area contributed by atoms with E-state index < -0.39 is 42.7 Å². The van der Waals surface area contributed by atoms with Crippen LogP contribution in [-0.4, -0.2) is 54.7 Å². The molecule has 22 heavy (non-hydrogen) atoms. The number of hydrogen-bond acceptors (Lipinski definition) is 6. The highest BCUT2D eigenvalue weighted by atomic mass is 16.6. The first-order valence-corrected chi connectivity index (χ1v) is 7.16. The van der Waals surface area contributed by atoms with Crippen LogP contribution in [0.3, 0.4) is 0 Å². The zero-order valence-corrected chi connectivity index (χ0v) is 14.4. The van der Waals surface area contributed by atoms with E-state index in [9.17, 15) is 14.4 Å². The van der Waals surface area contributed by atoms with Gasteiger partial charge in [-0.3, -0.25) is 4.90 Å². The lowest BCUT2D eigenvalue weighted by atomic mass is 10.1. The summed E-state index contributed by atoms with van der Waals surface area (Å²) in [6, 6.07) is -1.73. The normalized spacial score (nSPS) is 14.8. The molecule has 0 aromatic carbocycles. The highest BCUT2D eigenvalue weighted by molar-refractivity contribution is 5.92. The molecule has 0 unspecified atom stereocenters. The maximum Gasteiger partial charge on any atom is 0.410 e. The lowest BCUT2D eigenvalue weighted by molar-refractivity contribution is -0.164.